The number of nitro groups is 1. The van der Waals surface area contributed by atoms with E-state index in [0.29, 0.717) is 18.8 Å². The van der Waals surface area contributed by atoms with Gasteiger partial charge in [0.1, 0.15) is 5.60 Å². The van der Waals surface area contributed by atoms with E-state index in [1.54, 1.807) is 0 Å². The summed E-state index contributed by atoms with van der Waals surface area (Å²) in [5, 5.41) is 10.7. The molecule has 0 N–H and O–H groups in total. The molecule has 2 fully saturated rings. The molecule has 0 radical (unpaired) electrons. The summed E-state index contributed by atoms with van der Waals surface area (Å²) in [5.74, 6) is -0.531. The molecular weight excluding hydrogens is 303 g/mol. The zero-order valence-electron chi connectivity index (χ0n) is 13.3. The van der Waals surface area contributed by atoms with Crippen LogP contribution in [-0.4, -0.2) is 29.6 Å². The van der Waals surface area contributed by atoms with Gasteiger partial charge in [0.25, 0.3) is 5.69 Å². The molecule has 2 atom stereocenters. The number of halogens is 1. The van der Waals surface area contributed by atoms with Gasteiger partial charge in [0, 0.05) is 19.2 Å². The lowest BCUT2D eigenvalue weighted by Crippen LogP contribution is -2.30. The Kier molecular flexibility index (Phi) is 3.54. The van der Waals surface area contributed by atoms with Gasteiger partial charge in [-0.2, -0.15) is 0 Å². The summed E-state index contributed by atoms with van der Waals surface area (Å²) in [5.41, 5.74) is -0.411. The van der Waals surface area contributed by atoms with Crippen molar-refractivity contribution >= 4 is 17.3 Å². The summed E-state index contributed by atoms with van der Waals surface area (Å²) in [6, 6.07) is 3.67. The SMILES string of the molecule is CC(C)(C)OC(=O)C1C2CN(c3ccc([N+](=O)[O-])cc3F)CC21. The number of anilines is 1. The van der Waals surface area contributed by atoms with Crippen molar-refractivity contribution in [2.24, 2.45) is 17.8 Å². The predicted molar refractivity (Wildman–Crippen MR) is 81.6 cm³/mol. The number of hydrogen-bond donors (Lipinski definition) is 0. The lowest BCUT2D eigenvalue weighted by molar-refractivity contribution is -0.385. The maximum absolute atomic E-state index is 14.0. The second kappa shape index (κ2) is 5.18. The fraction of sp³-hybridized carbons (Fsp3) is 0.562. The summed E-state index contributed by atoms with van der Waals surface area (Å²) in [6.07, 6.45) is 0. The zero-order valence-corrected chi connectivity index (χ0v) is 13.3. The molecule has 3 rings (SSSR count). The third kappa shape index (κ3) is 3.00. The summed E-state index contributed by atoms with van der Waals surface area (Å²) >= 11 is 0. The number of fused-ring (bicyclic) bond motifs is 1. The number of carbonyl (C=O) groups excluding carboxylic acids is 1. The molecule has 124 valence electrons. The van der Waals surface area contributed by atoms with E-state index < -0.39 is 16.3 Å². The molecule has 1 aliphatic carbocycles. The van der Waals surface area contributed by atoms with Crippen LogP contribution in [0.15, 0.2) is 18.2 Å². The highest BCUT2D eigenvalue weighted by Gasteiger charge is 2.61. The number of benzene rings is 1. The summed E-state index contributed by atoms with van der Waals surface area (Å²) in [6.45, 7) is 6.65. The van der Waals surface area contributed by atoms with E-state index in [-0.39, 0.29) is 29.4 Å². The molecule has 1 heterocycles. The number of rotatable bonds is 3. The Bertz CT molecular complexity index is 659. The Morgan fingerprint density at radius 3 is 2.43 bits per heavy atom. The van der Waals surface area contributed by atoms with Crippen molar-refractivity contribution in [2.45, 2.75) is 26.4 Å². The van der Waals surface area contributed by atoms with Crippen LogP contribution in [0.3, 0.4) is 0 Å². The highest BCUT2D eigenvalue weighted by Crippen LogP contribution is 2.53. The number of carbonyl (C=O) groups is 1. The lowest BCUT2D eigenvalue weighted by atomic mass is 10.2. The Labute approximate surface area is 133 Å². The average molecular weight is 322 g/mol. The fourth-order valence-corrected chi connectivity index (χ4v) is 3.31. The van der Waals surface area contributed by atoms with Gasteiger partial charge in [0.2, 0.25) is 0 Å². The Morgan fingerprint density at radius 2 is 1.96 bits per heavy atom. The Morgan fingerprint density at radius 1 is 1.35 bits per heavy atom. The van der Waals surface area contributed by atoms with Crippen LogP contribution in [0.4, 0.5) is 15.8 Å². The first-order valence-electron chi connectivity index (χ1n) is 7.59. The van der Waals surface area contributed by atoms with E-state index in [9.17, 15) is 19.3 Å². The highest BCUT2D eigenvalue weighted by molar-refractivity contribution is 5.78. The molecule has 1 aromatic rings. The minimum Gasteiger partial charge on any atom is -0.460 e. The summed E-state index contributed by atoms with van der Waals surface area (Å²) in [4.78, 5) is 23.9. The Hall–Kier alpha value is -2.18. The van der Waals surface area contributed by atoms with Crippen molar-refractivity contribution in [2.75, 3.05) is 18.0 Å². The molecule has 23 heavy (non-hydrogen) atoms. The van der Waals surface area contributed by atoms with Gasteiger partial charge in [-0.1, -0.05) is 0 Å². The molecule has 2 unspecified atom stereocenters. The van der Waals surface area contributed by atoms with Crippen molar-refractivity contribution in [1.82, 2.24) is 0 Å². The van der Waals surface area contributed by atoms with Crippen LogP contribution < -0.4 is 4.90 Å². The van der Waals surface area contributed by atoms with E-state index in [1.807, 2.05) is 25.7 Å². The predicted octanol–water partition coefficient (Wildman–Crippen LogP) is 2.76. The topological polar surface area (TPSA) is 72.7 Å². The molecule has 0 amide bonds. The van der Waals surface area contributed by atoms with E-state index in [2.05, 4.69) is 0 Å². The second-order valence-corrected chi connectivity index (χ2v) is 7.18. The van der Waals surface area contributed by atoms with Crippen molar-refractivity contribution in [3.8, 4) is 0 Å². The van der Waals surface area contributed by atoms with Gasteiger partial charge in [0.05, 0.1) is 22.6 Å². The first-order chi connectivity index (χ1) is 10.7. The smallest absolute Gasteiger partial charge is 0.310 e. The van der Waals surface area contributed by atoms with Crippen LogP contribution >= 0.6 is 0 Å². The first kappa shape index (κ1) is 15.7. The van der Waals surface area contributed by atoms with Crippen LogP contribution in [0.25, 0.3) is 0 Å². The Balaban J connectivity index is 1.64. The molecule has 0 bridgehead atoms. The van der Waals surface area contributed by atoms with Crippen LogP contribution in [0.2, 0.25) is 0 Å². The monoisotopic (exact) mass is 322 g/mol. The molecular formula is C16H19FN2O4. The maximum Gasteiger partial charge on any atom is 0.310 e. The molecule has 0 aromatic heterocycles. The van der Waals surface area contributed by atoms with Gasteiger partial charge < -0.3 is 9.64 Å². The normalized spacial score (nSPS) is 25.9. The lowest BCUT2D eigenvalue weighted by Gasteiger charge is -2.24. The number of hydrogen-bond acceptors (Lipinski definition) is 5. The minimum absolute atomic E-state index is 0.105. The van der Waals surface area contributed by atoms with Crippen molar-refractivity contribution in [3.05, 3.63) is 34.1 Å². The molecule has 1 aromatic carbocycles. The van der Waals surface area contributed by atoms with Gasteiger partial charge in [0.15, 0.2) is 5.82 Å². The van der Waals surface area contributed by atoms with Crippen molar-refractivity contribution < 1.29 is 18.8 Å². The second-order valence-electron chi connectivity index (χ2n) is 7.18. The van der Waals surface area contributed by atoms with Crippen LogP contribution in [-0.2, 0) is 9.53 Å². The summed E-state index contributed by atoms with van der Waals surface area (Å²) in [7, 11) is 0. The quantitative estimate of drug-likeness (QED) is 0.486. The van der Waals surface area contributed by atoms with E-state index in [4.69, 9.17) is 4.74 Å². The van der Waals surface area contributed by atoms with Gasteiger partial charge >= 0.3 is 5.97 Å². The van der Waals surface area contributed by atoms with Crippen LogP contribution in [0, 0.1) is 33.7 Å². The number of piperidine rings is 1. The first-order valence-corrected chi connectivity index (χ1v) is 7.59. The average Bonchev–Trinajstić information content (AvgIpc) is 2.92. The zero-order chi connectivity index (χ0) is 16.9. The number of nitrogens with zero attached hydrogens (tertiary/aromatic N) is 2. The van der Waals surface area contributed by atoms with Gasteiger partial charge in [-0.05, 0) is 38.7 Å². The van der Waals surface area contributed by atoms with Gasteiger partial charge in [-0.25, -0.2) is 4.39 Å². The highest BCUT2D eigenvalue weighted by atomic mass is 19.1. The standard InChI is InChI=1S/C16H19FN2O4/c1-16(2,3)23-15(20)14-10-7-18(8-11(10)14)13-5-4-9(19(21)22)6-12(13)17/h4-6,10-11,14H,7-8H2,1-3H3. The van der Waals surface area contributed by atoms with Crippen molar-refractivity contribution in [1.29, 1.82) is 0 Å². The number of nitro benzene ring substituents is 1. The largest absolute Gasteiger partial charge is 0.460 e. The minimum atomic E-state index is -0.618. The molecule has 7 heteroatoms. The van der Waals surface area contributed by atoms with E-state index >= 15 is 0 Å². The molecule has 6 nitrogen and oxygen atoms in total. The third-order valence-corrected chi connectivity index (χ3v) is 4.36. The molecule has 0 spiro atoms. The van der Waals surface area contributed by atoms with E-state index in [0.717, 1.165) is 6.07 Å². The molecule has 1 saturated carbocycles. The number of ether oxygens (including phenoxy) is 1. The fourth-order valence-electron chi connectivity index (χ4n) is 3.31. The molecule has 2 aliphatic rings. The van der Waals surface area contributed by atoms with Crippen LogP contribution in [0.5, 0.6) is 0 Å². The number of esters is 1. The number of non-ortho nitro benzene ring substituents is 1. The van der Waals surface area contributed by atoms with Crippen molar-refractivity contribution in [3.63, 3.8) is 0 Å². The van der Waals surface area contributed by atoms with E-state index in [1.165, 1.54) is 12.1 Å². The third-order valence-electron chi connectivity index (χ3n) is 4.36. The molecule has 1 saturated heterocycles. The summed E-state index contributed by atoms with van der Waals surface area (Å²) < 4.78 is 19.4. The van der Waals surface area contributed by atoms with Gasteiger partial charge in [-0.3, -0.25) is 14.9 Å². The maximum atomic E-state index is 14.0. The van der Waals surface area contributed by atoms with Gasteiger partial charge in [-0.15, -0.1) is 0 Å². The molecule has 1 aliphatic heterocycles. The van der Waals surface area contributed by atoms with Crippen LogP contribution in [0.1, 0.15) is 20.8 Å².